The normalized spacial score (nSPS) is 12.3. The lowest BCUT2D eigenvalue weighted by molar-refractivity contribution is -0.121. The molecule has 2 aromatic rings. The van der Waals surface area contributed by atoms with E-state index in [9.17, 15) is 4.79 Å². The average Bonchev–Trinajstić information content (AvgIpc) is 2.43. The quantitative estimate of drug-likeness (QED) is 0.809. The first-order valence-corrected chi connectivity index (χ1v) is 6.24. The van der Waals surface area contributed by atoms with E-state index in [0.29, 0.717) is 6.42 Å². The molecule has 0 saturated carbocycles. The van der Waals surface area contributed by atoms with Crippen LogP contribution < -0.4 is 10.9 Å². The fraction of sp³-hybridized carbons (Fsp3) is 0.267. The van der Waals surface area contributed by atoms with Crippen LogP contribution in [0.15, 0.2) is 42.5 Å². The highest BCUT2D eigenvalue weighted by Gasteiger charge is 2.09. The predicted molar refractivity (Wildman–Crippen MR) is 73.9 cm³/mol. The van der Waals surface area contributed by atoms with Crippen molar-refractivity contribution in [1.82, 2.24) is 10.9 Å². The molecule has 0 bridgehead atoms. The van der Waals surface area contributed by atoms with Gasteiger partial charge in [-0.05, 0) is 23.3 Å². The van der Waals surface area contributed by atoms with Crippen molar-refractivity contribution in [2.75, 3.05) is 0 Å². The van der Waals surface area contributed by atoms with Crippen molar-refractivity contribution in [3.8, 4) is 0 Å². The maximum absolute atomic E-state index is 11.2. The highest BCUT2D eigenvalue weighted by Crippen LogP contribution is 2.23. The van der Waals surface area contributed by atoms with E-state index in [4.69, 9.17) is 0 Å². The Bertz CT molecular complexity index is 546. The minimum Gasteiger partial charge on any atom is -0.291 e. The number of benzene rings is 2. The van der Waals surface area contributed by atoms with Crippen LogP contribution in [0.1, 0.15) is 31.9 Å². The Morgan fingerprint density at radius 3 is 2.67 bits per heavy atom. The molecule has 0 fully saturated rings. The molecule has 0 aliphatic heterocycles. The van der Waals surface area contributed by atoms with E-state index in [0.717, 1.165) is 0 Å². The van der Waals surface area contributed by atoms with Crippen LogP contribution >= 0.6 is 0 Å². The van der Waals surface area contributed by atoms with Crippen LogP contribution in [0, 0.1) is 0 Å². The molecule has 94 valence electrons. The molecule has 18 heavy (non-hydrogen) atoms. The summed E-state index contributed by atoms with van der Waals surface area (Å²) in [5.41, 5.74) is 6.93. The highest BCUT2D eigenvalue weighted by molar-refractivity contribution is 5.86. The Balaban J connectivity index is 2.22. The summed E-state index contributed by atoms with van der Waals surface area (Å²) in [5.74, 6) is 0.00193. The lowest BCUT2D eigenvalue weighted by atomic mass is 10.0. The largest absolute Gasteiger partial charge is 0.291 e. The van der Waals surface area contributed by atoms with Crippen LogP contribution in [-0.2, 0) is 4.79 Å². The zero-order valence-electron chi connectivity index (χ0n) is 10.7. The summed E-state index contributed by atoms with van der Waals surface area (Å²) in [4.78, 5) is 11.2. The highest BCUT2D eigenvalue weighted by atomic mass is 16.2. The molecule has 0 aromatic heterocycles. The van der Waals surface area contributed by atoms with Gasteiger partial charge in [0.1, 0.15) is 0 Å². The van der Waals surface area contributed by atoms with E-state index in [-0.39, 0.29) is 11.9 Å². The summed E-state index contributed by atoms with van der Waals surface area (Å²) < 4.78 is 0. The van der Waals surface area contributed by atoms with Gasteiger partial charge in [0.05, 0.1) is 0 Å². The van der Waals surface area contributed by atoms with E-state index in [1.807, 2.05) is 32.0 Å². The molecular weight excluding hydrogens is 224 g/mol. The first kappa shape index (κ1) is 12.6. The molecule has 3 nitrogen and oxygen atoms in total. The predicted octanol–water partition coefficient (Wildman–Crippen LogP) is 2.93. The van der Waals surface area contributed by atoms with Crippen molar-refractivity contribution in [1.29, 1.82) is 0 Å². The van der Waals surface area contributed by atoms with E-state index in [1.165, 1.54) is 16.3 Å². The number of carbonyl (C=O) groups is 1. The van der Waals surface area contributed by atoms with Gasteiger partial charge in [0, 0.05) is 12.5 Å². The molecule has 0 radical (unpaired) electrons. The standard InChI is InChI=1S/C15H18N2O/c1-3-15(18)17-16-11(2)13-10-6-8-12-7-4-5-9-14(12)13/h4-11,16H,3H2,1-2H3,(H,17,18)/t11-/m1/s1. The Labute approximate surface area is 107 Å². The lowest BCUT2D eigenvalue weighted by Gasteiger charge is -2.17. The van der Waals surface area contributed by atoms with Gasteiger partial charge in [-0.3, -0.25) is 10.2 Å². The number of amides is 1. The zero-order valence-corrected chi connectivity index (χ0v) is 10.7. The summed E-state index contributed by atoms with van der Waals surface area (Å²) in [7, 11) is 0. The summed E-state index contributed by atoms with van der Waals surface area (Å²) in [6, 6.07) is 14.5. The van der Waals surface area contributed by atoms with Gasteiger partial charge < -0.3 is 0 Å². The Morgan fingerprint density at radius 2 is 1.89 bits per heavy atom. The van der Waals surface area contributed by atoms with Crippen LogP contribution in [-0.4, -0.2) is 5.91 Å². The summed E-state index contributed by atoms with van der Waals surface area (Å²) >= 11 is 0. The van der Waals surface area contributed by atoms with Crippen molar-refractivity contribution < 1.29 is 4.79 Å². The van der Waals surface area contributed by atoms with Crippen molar-refractivity contribution in [3.63, 3.8) is 0 Å². The van der Waals surface area contributed by atoms with E-state index in [2.05, 4.69) is 35.1 Å². The van der Waals surface area contributed by atoms with Gasteiger partial charge in [-0.1, -0.05) is 49.4 Å². The van der Waals surface area contributed by atoms with Gasteiger partial charge in [0.25, 0.3) is 0 Å². The van der Waals surface area contributed by atoms with Gasteiger partial charge in [-0.25, -0.2) is 5.43 Å². The SMILES string of the molecule is CCC(=O)NN[C@H](C)c1cccc2ccccc12. The maximum Gasteiger partial charge on any atom is 0.233 e. The topological polar surface area (TPSA) is 41.1 Å². The first-order chi connectivity index (χ1) is 8.72. The second-order valence-electron chi connectivity index (χ2n) is 4.34. The summed E-state index contributed by atoms with van der Waals surface area (Å²) in [5, 5.41) is 2.43. The minimum atomic E-state index is 0.00193. The van der Waals surface area contributed by atoms with Crippen LogP contribution in [0.4, 0.5) is 0 Å². The van der Waals surface area contributed by atoms with Gasteiger partial charge >= 0.3 is 0 Å². The van der Waals surface area contributed by atoms with Crippen LogP contribution in [0.3, 0.4) is 0 Å². The molecule has 0 aliphatic rings. The molecule has 2 aromatic carbocycles. The Hall–Kier alpha value is -1.87. The smallest absolute Gasteiger partial charge is 0.233 e. The van der Waals surface area contributed by atoms with E-state index in [1.54, 1.807) is 0 Å². The molecule has 0 unspecified atom stereocenters. The van der Waals surface area contributed by atoms with Gasteiger partial charge in [0.2, 0.25) is 5.91 Å². The second-order valence-corrected chi connectivity index (χ2v) is 4.34. The number of hydrogen-bond donors (Lipinski definition) is 2. The van der Waals surface area contributed by atoms with E-state index < -0.39 is 0 Å². The number of hydrogen-bond acceptors (Lipinski definition) is 2. The third-order valence-electron chi connectivity index (χ3n) is 3.04. The molecule has 0 heterocycles. The molecule has 1 amide bonds. The molecule has 2 rings (SSSR count). The third kappa shape index (κ3) is 2.68. The van der Waals surface area contributed by atoms with Crippen LogP contribution in [0.2, 0.25) is 0 Å². The van der Waals surface area contributed by atoms with Crippen molar-refractivity contribution in [3.05, 3.63) is 48.0 Å². The van der Waals surface area contributed by atoms with E-state index >= 15 is 0 Å². The number of nitrogens with one attached hydrogen (secondary N) is 2. The minimum absolute atomic E-state index is 0.00193. The number of fused-ring (bicyclic) bond motifs is 1. The van der Waals surface area contributed by atoms with Crippen molar-refractivity contribution in [2.24, 2.45) is 0 Å². The molecule has 0 aliphatic carbocycles. The summed E-state index contributed by atoms with van der Waals surface area (Å²) in [6.07, 6.45) is 0.481. The molecule has 0 saturated heterocycles. The molecule has 1 atom stereocenters. The van der Waals surface area contributed by atoms with Crippen LogP contribution in [0.5, 0.6) is 0 Å². The second kappa shape index (κ2) is 5.65. The third-order valence-corrected chi connectivity index (χ3v) is 3.04. The van der Waals surface area contributed by atoms with Crippen molar-refractivity contribution >= 4 is 16.7 Å². The molecule has 3 heteroatoms. The summed E-state index contributed by atoms with van der Waals surface area (Å²) in [6.45, 7) is 3.87. The van der Waals surface area contributed by atoms with Gasteiger partial charge in [0.15, 0.2) is 0 Å². The Kier molecular flexibility index (Phi) is 3.95. The molecular formula is C15H18N2O. The average molecular weight is 242 g/mol. The number of hydrazine groups is 1. The van der Waals surface area contributed by atoms with Crippen molar-refractivity contribution in [2.45, 2.75) is 26.3 Å². The fourth-order valence-corrected chi connectivity index (χ4v) is 1.98. The van der Waals surface area contributed by atoms with Gasteiger partial charge in [-0.15, -0.1) is 0 Å². The molecule has 2 N–H and O–H groups in total. The monoisotopic (exact) mass is 242 g/mol. The van der Waals surface area contributed by atoms with Gasteiger partial charge in [-0.2, -0.15) is 0 Å². The maximum atomic E-state index is 11.2. The Morgan fingerprint density at radius 1 is 1.17 bits per heavy atom. The number of rotatable bonds is 4. The first-order valence-electron chi connectivity index (χ1n) is 6.24. The zero-order chi connectivity index (χ0) is 13.0. The fourth-order valence-electron chi connectivity index (χ4n) is 1.98. The molecule has 0 spiro atoms. The number of carbonyl (C=O) groups excluding carboxylic acids is 1. The lowest BCUT2D eigenvalue weighted by Crippen LogP contribution is -2.38. The van der Waals surface area contributed by atoms with Crippen LogP contribution in [0.25, 0.3) is 10.8 Å².